The van der Waals surface area contributed by atoms with Crippen LogP contribution < -0.4 is 4.72 Å². The summed E-state index contributed by atoms with van der Waals surface area (Å²) in [5, 5.41) is 15.0. The normalized spacial score (nSPS) is 24.1. The zero-order valence-electron chi connectivity index (χ0n) is 12.3. The summed E-state index contributed by atoms with van der Waals surface area (Å²) in [6, 6.07) is 0.0768. The van der Waals surface area contributed by atoms with Crippen molar-refractivity contribution >= 4 is 16.0 Å². The summed E-state index contributed by atoms with van der Waals surface area (Å²) >= 11 is 0. The summed E-state index contributed by atoms with van der Waals surface area (Å²) in [5.41, 5.74) is -0.248. The molecule has 1 aromatic heterocycles. The van der Waals surface area contributed by atoms with E-state index in [1.165, 1.54) is 6.92 Å². The number of carbonyl (C=O) groups is 1. The minimum atomic E-state index is -3.91. The van der Waals surface area contributed by atoms with Gasteiger partial charge in [-0.3, -0.25) is 5.10 Å². The molecule has 1 aliphatic rings. The lowest BCUT2D eigenvalue weighted by Gasteiger charge is -2.35. The molecule has 2 atom stereocenters. The number of aromatic nitrogens is 2. The van der Waals surface area contributed by atoms with Gasteiger partial charge in [-0.2, -0.15) is 5.10 Å². The zero-order chi connectivity index (χ0) is 15.8. The lowest BCUT2D eigenvalue weighted by Crippen LogP contribution is -2.47. The van der Waals surface area contributed by atoms with E-state index in [1.54, 1.807) is 0 Å². The molecule has 9 heteroatoms. The lowest BCUT2D eigenvalue weighted by molar-refractivity contribution is 0.0686. The number of carboxylic acids is 1. The standard InChI is InChI=1S/C12H20N4O4S/c1-7-6-9(4-5-16(7)3)15-21(19,20)11-8(2)13-14-10(11)12(17)18/h7,9,15H,4-6H2,1-3H3,(H,13,14)(H,17,18). The molecule has 0 bridgehead atoms. The third-order valence-corrected chi connectivity index (χ3v) is 5.57. The number of nitrogens with one attached hydrogen (secondary N) is 2. The fourth-order valence-corrected chi connectivity index (χ4v) is 4.17. The Hall–Kier alpha value is -1.45. The second kappa shape index (κ2) is 5.74. The molecule has 21 heavy (non-hydrogen) atoms. The number of nitrogens with zero attached hydrogens (tertiary/aromatic N) is 2. The van der Waals surface area contributed by atoms with Gasteiger partial charge in [0.15, 0.2) is 5.69 Å². The minimum Gasteiger partial charge on any atom is -0.476 e. The van der Waals surface area contributed by atoms with Gasteiger partial charge in [-0.05, 0) is 40.3 Å². The summed E-state index contributed by atoms with van der Waals surface area (Å²) in [7, 11) is -1.91. The maximum atomic E-state index is 12.4. The number of rotatable bonds is 4. The number of hydrogen-bond acceptors (Lipinski definition) is 5. The Balaban J connectivity index is 2.23. The predicted molar refractivity (Wildman–Crippen MR) is 75.7 cm³/mol. The molecule has 0 aromatic carbocycles. The number of aromatic amines is 1. The fourth-order valence-electron chi connectivity index (χ4n) is 2.57. The summed E-state index contributed by atoms with van der Waals surface area (Å²) in [6.07, 6.45) is 1.38. The van der Waals surface area contributed by atoms with Crippen LogP contribution >= 0.6 is 0 Å². The summed E-state index contributed by atoms with van der Waals surface area (Å²) in [4.78, 5) is 13.0. The van der Waals surface area contributed by atoms with E-state index >= 15 is 0 Å². The monoisotopic (exact) mass is 316 g/mol. The molecule has 0 radical (unpaired) electrons. The number of sulfonamides is 1. The van der Waals surface area contributed by atoms with Crippen molar-refractivity contribution in [1.29, 1.82) is 0 Å². The summed E-state index contributed by atoms with van der Waals surface area (Å²) in [5.74, 6) is -1.36. The van der Waals surface area contributed by atoms with E-state index in [4.69, 9.17) is 5.11 Å². The van der Waals surface area contributed by atoms with E-state index in [9.17, 15) is 13.2 Å². The van der Waals surface area contributed by atoms with E-state index in [0.29, 0.717) is 12.8 Å². The predicted octanol–water partition coefficient (Wildman–Crippen LogP) is 0.177. The maximum Gasteiger partial charge on any atom is 0.357 e. The highest BCUT2D eigenvalue weighted by atomic mass is 32.2. The molecule has 0 amide bonds. The van der Waals surface area contributed by atoms with Gasteiger partial charge >= 0.3 is 5.97 Å². The first kappa shape index (κ1) is 15.9. The molecular weight excluding hydrogens is 296 g/mol. The molecule has 2 unspecified atom stereocenters. The van der Waals surface area contributed by atoms with Crippen LogP contribution in [0.15, 0.2) is 4.90 Å². The topological polar surface area (TPSA) is 115 Å². The van der Waals surface area contributed by atoms with Gasteiger partial charge in [0, 0.05) is 12.1 Å². The Morgan fingerprint density at radius 3 is 2.76 bits per heavy atom. The molecule has 2 heterocycles. The lowest BCUT2D eigenvalue weighted by atomic mass is 10.0. The van der Waals surface area contributed by atoms with E-state index in [-0.39, 0.29) is 22.7 Å². The Morgan fingerprint density at radius 2 is 2.19 bits per heavy atom. The van der Waals surface area contributed by atoms with Crippen molar-refractivity contribution in [2.45, 2.75) is 43.7 Å². The van der Waals surface area contributed by atoms with Gasteiger partial charge in [0.05, 0.1) is 5.69 Å². The van der Waals surface area contributed by atoms with E-state index < -0.39 is 21.7 Å². The van der Waals surface area contributed by atoms with Gasteiger partial charge in [0.2, 0.25) is 10.0 Å². The van der Waals surface area contributed by atoms with Crippen LogP contribution in [-0.2, 0) is 10.0 Å². The molecule has 3 N–H and O–H groups in total. The van der Waals surface area contributed by atoms with E-state index in [2.05, 4.69) is 19.8 Å². The first-order chi connectivity index (χ1) is 9.72. The zero-order valence-corrected chi connectivity index (χ0v) is 13.1. The number of aryl methyl sites for hydroxylation is 1. The smallest absolute Gasteiger partial charge is 0.357 e. The molecule has 1 aliphatic heterocycles. The molecule has 0 spiro atoms. The number of carboxylic acid groups (broad SMARTS) is 1. The van der Waals surface area contributed by atoms with Crippen LogP contribution in [0.5, 0.6) is 0 Å². The first-order valence-electron chi connectivity index (χ1n) is 6.73. The van der Waals surface area contributed by atoms with Gasteiger partial charge in [-0.1, -0.05) is 0 Å². The Labute approximate surface area is 123 Å². The van der Waals surface area contributed by atoms with Gasteiger partial charge in [0.1, 0.15) is 4.90 Å². The fraction of sp³-hybridized carbons (Fsp3) is 0.667. The van der Waals surface area contributed by atoms with Crippen LogP contribution in [0, 0.1) is 6.92 Å². The molecular formula is C12H20N4O4S. The molecule has 0 aliphatic carbocycles. The van der Waals surface area contributed by atoms with E-state index in [0.717, 1.165) is 6.54 Å². The molecule has 8 nitrogen and oxygen atoms in total. The second-order valence-corrected chi connectivity index (χ2v) is 7.15. The molecule has 1 aromatic rings. The molecule has 1 fully saturated rings. The van der Waals surface area contributed by atoms with Crippen LogP contribution in [0.25, 0.3) is 0 Å². The number of piperidine rings is 1. The molecule has 1 saturated heterocycles. The van der Waals surface area contributed by atoms with Crippen molar-refractivity contribution in [3.8, 4) is 0 Å². The molecule has 0 saturated carbocycles. The maximum absolute atomic E-state index is 12.4. The van der Waals surface area contributed by atoms with Crippen molar-refractivity contribution in [2.24, 2.45) is 0 Å². The highest BCUT2D eigenvalue weighted by molar-refractivity contribution is 7.89. The van der Waals surface area contributed by atoms with Crippen molar-refractivity contribution in [3.63, 3.8) is 0 Å². The Kier molecular flexibility index (Phi) is 4.35. The van der Waals surface area contributed by atoms with Crippen LogP contribution in [-0.4, -0.2) is 60.3 Å². The van der Waals surface area contributed by atoms with Gasteiger partial charge in [-0.15, -0.1) is 0 Å². The number of likely N-dealkylation sites (tertiary alicyclic amines) is 1. The van der Waals surface area contributed by atoms with Gasteiger partial charge in [0.25, 0.3) is 0 Å². The van der Waals surface area contributed by atoms with Crippen molar-refractivity contribution in [1.82, 2.24) is 19.8 Å². The average molecular weight is 316 g/mol. The quantitative estimate of drug-likeness (QED) is 0.729. The average Bonchev–Trinajstić information content (AvgIpc) is 2.76. The number of H-pyrrole nitrogens is 1. The third-order valence-electron chi connectivity index (χ3n) is 3.89. The Morgan fingerprint density at radius 1 is 1.52 bits per heavy atom. The van der Waals surface area contributed by atoms with Gasteiger partial charge in [-0.25, -0.2) is 17.9 Å². The third kappa shape index (κ3) is 3.25. The van der Waals surface area contributed by atoms with Crippen LogP contribution in [0.1, 0.15) is 35.9 Å². The van der Waals surface area contributed by atoms with Crippen molar-refractivity contribution in [2.75, 3.05) is 13.6 Å². The number of hydrogen-bond donors (Lipinski definition) is 3. The van der Waals surface area contributed by atoms with Crippen LogP contribution in [0.2, 0.25) is 0 Å². The second-order valence-electron chi connectivity index (χ2n) is 5.50. The number of aromatic carboxylic acids is 1. The summed E-state index contributed by atoms with van der Waals surface area (Å²) < 4.78 is 27.5. The Bertz CT molecular complexity index is 640. The highest BCUT2D eigenvalue weighted by Crippen LogP contribution is 2.21. The van der Waals surface area contributed by atoms with Crippen LogP contribution in [0.4, 0.5) is 0 Å². The summed E-state index contributed by atoms with van der Waals surface area (Å²) in [6.45, 7) is 4.32. The van der Waals surface area contributed by atoms with E-state index in [1.807, 2.05) is 14.0 Å². The highest BCUT2D eigenvalue weighted by Gasteiger charge is 2.32. The van der Waals surface area contributed by atoms with Crippen molar-refractivity contribution in [3.05, 3.63) is 11.4 Å². The van der Waals surface area contributed by atoms with Crippen LogP contribution in [0.3, 0.4) is 0 Å². The minimum absolute atomic E-state index is 0.197. The van der Waals surface area contributed by atoms with Gasteiger partial charge < -0.3 is 10.0 Å². The first-order valence-corrected chi connectivity index (χ1v) is 8.21. The SMILES string of the molecule is Cc1[nH]nc(C(=O)O)c1S(=O)(=O)NC1CCN(C)C(C)C1. The molecule has 118 valence electrons. The largest absolute Gasteiger partial charge is 0.476 e. The molecule has 2 rings (SSSR count). The van der Waals surface area contributed by atoms with Crippen molar-refractivity contribution < 1.29 is 18.3 Å².